The van der Waals surface area contributed by atoms with Crippen LogP contribution in [-0.4, -0.2) is 19.8 Å². The number of hydrogen-bond donors (Lipinski definition) is 0. The average Bonchev–Trinajstić information content (AvgIpc) is 3.18. The molecule has 4 aromatic rings. The molecule has 0 saturated carbocycles. The van der Waals surface area contributed by atoms with Crippen LogP contribution in [0.5, 0.6) is 0 Å². The summed E-state index contributed by atoms with van der Waals surface area (Å²) in [6, 6.07) is 18.8. The van der Waals surface area contributed by atoms with E-state index in [1.54, 1.807) is 11.3 Å². The molecule has 2 aromatic heterocycles. The van der Waals surface area contributed by atoms with E-state index < -0.39 is 0 Å². The maximum atomic E-state index is 4.85. The molecular formula is C19H18N4S. The molecule has 0 aliphatic carbocycles. The number of aryl methyl sites for hydroxylation is 1. The number of aromatic nitrogens is 4. The minimum Gasteiger partial charge on any atom is -0.183 e. The Morgan fingerprint density at radius 2 is 1.75 bits per heavy atom. The van der Waals surface area contributed by atoms with Crippen LogP contribution < -0.4 is 0 Å². The molecule has 2 heterocycles. The van der Waals surface area contributed by atoms with E-state index in [2.05, 4.69) is 60.4 Å². The predicted octanol–water partition coefficient (Wildman–Crippen LogP) is 4.70. The number of nitrogens with zero attached hydrogens (tertiary/aromatic N) is 4. The maximum absolute atomic E-state index is 4.85. The quantitative estimate of drug-likeness (QED) is 0.543. The predicted molar refractivity (Wildman–Crippen MR) is 97.4 cm³/mol. The zero-order valence-electron chi connectivity index (χ0n) is 13.7. The van der Waals surface area contributed by atoms with Crippen molar-refractivity contribution in [3.63, 3.8) is 0 Å². The molecule has 0 saturated heterocycles. The second kappa shape index (κ2) is 6.17. The minimum absolute atomic E-state index is 0.294. The summed E-state index contributed by atoms with van der Waals surface area (Å²) < 4.78 is 1.88. The van der Waals surface area contributed by atoms with Gasteiger partial charge in [-0.05, 0) is 24.5 Å². The SMILES string of the molecule is CC[C@H](c1ccccc1)c1nn2c(-c3ccccc3C)nnc2s1. The van der Waals surface area contributed by atoms with Gasteiger partial charge in [0.15, 0.2) is 5.82 Å². The molecule has 0 aliphatic rings. The van der Waals surface area contributed by atoms with Gasteiger partial charge in [0, 0.05) is 11.5 Å². The highest BCUT2D eigenvalue weighted by molar-refractivity contribution is 7.16. The van der Waals surface area contributed by atoms with Crippen molar-refractivity contribution in [2.75, 3.05) is 0 Å². The zero-order chi connectivity index (χ0) is 16.5. The zero-order valence-corrected chi connectivity index (χ0v) is 14.5. The van der Waals surface area contributed by atoms with Gasteiger partial charge in [0.25, 0.3) is 0 Å². The van der Waals surface area contributed by atoms with Gasteiger partial charge in [-0.1, -0.05) is 72.9 Å². The summed E-state index contributed by atoms with van der Waals surface area (Å²) in [5.74, 6) is 1.11. The van der Waals surface area contributed by atoms with Crippen LogP contribution in [0.3, 0.4) is 0 Å². The van der Waals surface area contributed by atoms with E-state index >= 15 is 0 Å². The van der Waals surface area contributed by atoms with Gasteiger partial charge in [-0.15, -0.1) is 10.2 Å². The van der Waals surface area contributed by atoms with Crippen molar-refractivity contribution >= 4 is 16.3 Å². The summed E-state index contributed by atoms with van der Waals surface area (Å²) in [4.78, 5) is 0.845. The third kappa shape index (κ3) is 2.51. The highest BCUT2D eigenvalue weighted by Gasteiger charge is 2.20. The van der Waals surface area contributed by atoms with Gasteiger partial charge in [0.05, 0.1) is 0 Å². The fourth-order valence-corrected chi connectivity index (χ4v) is 4.05. The van der Waals surface area contributed by atoms with Crippen LogP contribution in [0.4, 0.5) is 0 Å². The topological polar surface area (TPSA) is 43.1 Å². The summed E-state index contributed by atoms with van der Waals surface area (Å²) in [5.41, 5.74) is 3.55. The molecule has 0 spiro atoms. The van der Waals surface area contributed by atoms with Crippen molar-refractivity contribution in [2.45, 2.75) is 26.2 Å². The largest absolute Gasteiger partial charge is 0.234 e. The Morgan fingerprint density at radius 1 is 1.00 bits per heavy atom. The van der Waals surface area contributed by atoms with E-state index in [9.17, 15) is 0 Å². The lowest BCUT2D eigenvalue weighted by molar-refractivity contribution is 0.743. The van der Waals surface area contributed by atoms with Crippen LogP contribution >= 0.6 is 11.3 Å². The van der Waals surface area contributed by atoms with Crippen molar-refractivity contribution in [3.8, 4) is 11.4 Å². The molecule has 24 heavy (non-hydrogen) atoms. The lowest BCUT2D eigenvalue weighted by atomic mass is 9.97. The number of fused-ring (bicyclic) bond motifs is 1. The Kier molecular flexibility index (Phi) is 3.86. The fourth-order valence-electron chi connectivity index (χ4n) is 3.00. The van der Waals surface area contributed by atoms with Crippen LogP contribution in [0.15, 0.2) is 54.6 Å². The van der Waals surface area contributed by atoms with E-state index in [1.807, 2.05) is 22.7 Å². The van der Waals surface area contributed by atoms with Crippen molar-refractivity contribution in [1.82, 2.24) is 19.8 Å². The first kappa shape index (κ1) is 15.0. The molecule has 0 unspecified atom stereocenters. The van der Waals surface area contributed by atoms with Crippen molar-refractivity contribution < 1.29 is 0 Å². The summed E-state index contributed by atoms with van der Waals surface area (Å²) in [5, 5.41) is 14.6. The van der Waals surface area contributed by atoms with E-state index in [0.717, 1.165) is 27.8 Å². The fraction of sp³-hybridized carbons (Fsp3) is 0.211. The molecule has 120 valence electrons. The maximum Gasteiger partial charge on any atom is 0.234 e. The van der Waals surface area contributed by atoms with E-state index in [1.165, 1.54) is 11.1 Å². The second-order valence-electron chi connectivity index (χ2n) is 5.84. The lowest BCUT2D eigenvalue weighted by Gasteiger charge is -2.11. The molecule has 4 rings (SSSR count). The number of rotatable bonds is 4. The Balaban J connectivity index is 1.81. The van der Waals surface area contributed by atoms with Crippen LogP contribution in [0.2, 0.25) is 0 Å². The van der Waals surface area contributed by atoms with Crippen LogP contribution in [0.1, 0.15) is 35.4 Å². The first-order valence-corrected chi connectivity index (χ1v) is 8.92. The summed E-state index contributed by atoms with van der Waals surface area (Å²) in [6.07, 6.45) is 1.01. The first-order valence-electron chi connectivity index (χ1n) is 8.11. The van der Waals surface area contributed by atoms with Gasteiger partial charge in [0.2, 0.25) is 4.96 Å². The smallest absolute Gasteiger partial charge is 0.183 e. The molecule has 0 N–H and O–H groups in total. The van der Waals surface area contributed by atoms with Crippen LogP contribution in [-0.2, 0) is 0 Å². The standard InChI is InChI=1S/C19H18N4S/c1-3-15(14-10-5-4-6-11-14)18-22-23-17(20-21-19(23)24-18)16-12-8-7-9-13(16)2/h4-12,15H,3H2,1-2H3/t15-/m1/s1. The third-order valence-electron chi connectivity index (χ3n) is 4.30. The van der Waals surface area contributed by atoms with E-state index in [-0.39, 0.29) is 0 Å². The Morgan fingerprint density at radius 3 is 2.50 bits per heavy atom. The molecule has 2 aromatic carbocycles. The van der Waals surface area contributed by atoms with Gasteiger partial charge < -0.3 is 0 Å². The summed E-state index contributed by atoms with van der Waals surface area (Å²) in [6.45, 7) is 4.28. The van der Waals surface area contributed by atoms with Crippen molar-refractivity contribution in [2.24, 2.45) is 0 Å². The lowest BCUT2D eigenvalue weighted by Crippen LogP contribution is -2.01. The van der Waals surface area contributed by atoms with Gasteiger partial charge in [-0.25, -0.2) is 0 Å². The van der Waals surface area contributed by atoms with Crippen molar-refractivity contribution in [1.29, 1.82) is 0 Å². The van der Waals surface area contributed by atoms with Gasteiger partial charge in [0.1, 0.15) is 5.01 Å². The highest BCUT2D eigenvalue weighted by atomic mass is 32.1. The molecule has 0 aliphatic heterocycles. The summed E-state index contributed by atoms with van der Waals surface area (Å²) in [7, 11) is 0. The Hall–Kier alpha value is -2.53. The number of hydrogen-bond acceptors (Lipinski definition) is 4. The number of benzene rings is 2. The molecular weight excluding hydrogens is 316 g/mol. The average molecular weight is 334 g/mol. The molecule has 0 fully saturated rings. The Bertz CT molecular complexity index is 971. The van der Waals surface area contributed by atoms with Gasteiger partial charge in [-0.3, -0.25) is 0 Å². The van der Waals surface area contributed by atoms with E-state index in [4.69, 9.17) is 5.10 Å². The third-order valence-corrected chi connectivity index (χ3v) is 5.31. The van der Waals surface area contributed by atoms with Crippen LogP contribution in [0.25, 0.3) is 16.3 Å². The Labute approximate surface area is 144 Å². The molecule has 5 heteroatoms. The molecule has 4 nitrogen and oxygen atoms in total. The normalized spacial score (nSPS) is 12.6. The van der Waals surface area contributed by atoms with Crippen LogP contribution in [0, 0.1) is 6.92 Å². The molecule has 0 radical (unpaired) electrons. The molecule has 1 atom stereocenters. The van der Waals surface area contributed by atoms with E-state index in [0.29, 0.717) is 5.92 Å². The monoisotopic (exact) mass is 334 g/mol. The minimum atomic E-state index is 0.294. The second-order valence-corrected chi connectivity index (χ2v) is 6.83. The van der Waals surface area contributed by atoms with Gasteiger partial charge >= 0.3 is 0 Å². The molecule has 0 bridgehead atoms. The summed E-state index contributed by atoms with van der Waals surface area (Å²) >= 11 is 1.62. The first-order chi connectivity index (χ1) is 11.8. The molecule has 0 amide bonds. The van der Waals surface area contributed by atoms with Gasteiger partial charge in [-0.2, -0.15) is 9.61 Å². The van der Waals surface area contributed by atoms with Crippen molar-refractivity contribution in [3.05, 3.63) is 70.7 Å². The highest BCUT2D eigenvalue weighted by Crippen LogP contribution is 2.32.